The maximum Gasteiger partial charge on any atom is 0.328 e. The minimum atomic E-state index is -1.69. The number of aliphatic hydroxyl groups is 3. The summed E-state index contributed by atoms with van der Waals surface area (Å²) in [6, 6.07) is -2.36. The number of phenolic OH excluding ortho intramolecular Hbond substituents is 1. The maximum absolute atomic E-state index is 13.4. The SMILES string of the molecule is C[C@H](N)C(=O)N[C@@H](Cc1ccc(O)cc1)C(=O)N[C@@H](CO)C(=O)N1CCC[C@H]1C(=O)N[C@H](C(=O)N[C@@H](CO)C(=O)O)[C@@H](C)O. The van der Waals surface area contributed by atoms with Crippen LogP contribution in [-0.4, -0.2) is 128 Å². The quantitative estimate of drug-likeness (QED) is 0.0887. The van der Waals surface area contributed by atoms with Crippen LogP contribution in [0.15, 0.2) is 24.3 Å². The predicted molar refractivity (Wildman–Crippen MR) is 151 cm³/mol. The third kappa shape index (κ3) is 9.87. The number of hydrogen-bond donors (Lipinski definition) is 10. The molecule has 1 saturated heterocycles. The summed E-state index contributed by atoms with van der Waals surface area (Å²) < 4.78 is 0. The Morgan fingerprint density at radius 1 is 0.886 bits per heavy atom. The number of aromatic hydroxyl groups is 1. The minimum Gasteiger partial charge on any atom is -0.508 e. The summed E-state index contributed by atoms with van der Waals surface area (Å²) in [5, 5.41) is 57.0. The summed E-state index contributed by atoms with van der Waals surface area (Å²) >= 11 is 0. The van der Waals surface area contributed by atoms with Gasteiger partial charge in [-0.3, -0.25) is 24.0 Å². The van der Waals surface area contributed by atoms with E-state index in [2.05, 4.69) is 16.0 Å². The van der Waals surface area contributed by atoms with E-state index in [0.29, 0.717) is 12.0 Å². The lowest BCUT2D eigenvalue weighted by Crippen LogP contribution is -2.61. The van der Waals surface area contributed by atoms with Gasteiger partial charge in [0.1, 0.15) is 36.0 Å². The summed E-state index contributed by atoms with van der Waals surface area (Å²) in [4.78, 5) is 76.9. The average Bonchev–Trinajstić information content (AvgIpc) is 3.47. The van der Waals surface area contributed by atoms with Crippen molar-refractivity contribution >= 4 is 35.5 Å². The molecule has 1 aliphatic heterocycles. The maximum atomic E-state index is 13.4. The first-order chi connectivity index (χ1) is 20.7. The average molecular weight is 625 g/mol. The zero-order valence-corrected chi connectivity index (χ0v) is 24.3. The van der Waals surface area contributed by atoms with Gasteiger partial charge in [-0.2, -0.15) is 0 Å². The molecule has 1 heterocycles. The molecular formula is C27H40N6O11. The molecule has 0 unspecified atom stereocenters. The zero-order valence-electron chi connectivity index (χ0n) is 24.3. The van der Waals surface area contributed by atoms with Crippen molar-refractivity contribution in [1.82, 2.24) is 26.2 Å². The molecule has 244 valence electrons. The van der Waals surface area contributed by atoms with E-state index < -0.39 is 91.1 Å². The van der Waals surface area contributed by atoms with Gasteiger partial charge in [-0.05, 0) is 44.4 Å². The van der Waals surface area contributed by atoms with Crippen LogP contribution in [0.1, 0.15) is 32.3 Å². The van der Waals surface area contributed by atoms with Crippen LogP contribution >= 0.6 is 0 Å². The fourth-order valence-electron chi connectivity index (χ4n) is 4.44. The van der Waals surface area contributed by atoms with Gasteiger partial charge in [0.2, 0.25) is 29.5 Å². The molecule has 17 nitrogen and oxygen atoms in total. The lowest BCUT2D eigenvalue weighted by Gasteiger charge is -2.30. The second-order valence-corrected chi connectivity index (χ2v) is 10.5. The molecule has 7 atom stereocenters. The molecule has 0 aromatic heterocycles. The van der Waals surface area contributed by atoms with Gasteiger partial charge in [-0.1, -0.05) is 12.1 Å². The Balaban J connectivity index is 2.17. The number of carbonyl (C=O) groups excluding carboxylic acids is 5. The molecular weight excluding hydrogens is 584 g/mol. The summed E-state index contributed by atoms with van der Waals surface area (Å²) in [5.41, 5.74) is 6.18. The smallest absolute Gasteiger partial charge is 0.328 e. The molecule has 5 amide bonds. The van der Waals surface area contributed by atoms with Crippen LogP contribution in [0.2, 0.25) is 0 Å². The van der Waals surface area contributed by atoms with Crippen molar-refractivity contribution in [3.8, 4) is 5.75 Å². The van der Waals surface area contributed by atoms with Crippen molar-refractivity contribution in [3.05, 3.63) is 29.8 Å². The van der Waals surface area contributed by atoms with E-state index in [4.69, 9.17) is 15.9 Å². The van der Waals surface area contributed by atoms with Crippen molar-refractivity contribution in [2.45, 2.75) is 75.5 Å². The van der Waals surface area contributed by atoms with Crippen LogP contribution in [0.3, 0.4) is 0 Å². The van der Waals surface area contributed by atoms with Gasteiger partial charge in [0.25, 0.3) is 0 Å². The molecule has 0 radical (unpaired) electrons. The Bertz CT molecular complexity index is 1190. The number of carbonyl (C=O) groups is 6. The number of hydrogen-bond acceptors (Lipinski definition) is 11. The molecule has 2 rings (SSSR count). The van der Waals surface area contributed by atoms with Crippen LogP contribution in [0.5, 0.6) is 5.75 Å². The summed E-state index contributed by atoms with van der Waals surface area (Å²) in [6.45, 7) is 0.836. The highest BCUT2D eigenvalue weighted by atomic mass is 16.4. The number of nitrogens with zero attached hydrogens (tertiary/aromatic N) is 1. The number of likely N-dealkylation sites (tertiary alicyclic amines) is 1. The Morgan fingerprint density at radius 2 is 1.45 bits per heavy atom. The molecule has 1 aromatic carbocycles. The third-order valence-corrected chi connectivity index (χ3v) is 6.92. The first kappa shape index (κ1) is 35.9. The number of benzene rings is 1. The second-order valence-electron chi connectivity index (χ2n) is 10.5. The van der Waals surface area contributed by atoms with E-state index in [1.807, 2.05) is 5.32 Å². The van der Waals surface area contributed by atoms with E-state index in [-0.39, 0.29) is 25.1 Å². The monoisotopic (exact) mass is 624 g/mol. The van der Waals surface area contributed by atoms with E-state index in [0.717, 1.165) is 4.90 Å². The number of nitrogens with one attached hydrogen (secondary N) is 4. The van der Waals surface area contributed by atoms with E-state index >= 15 is 0 Å². The van der Waals surface area contributed by atoms with Gasteiger partial charge in [0, 0.05) is 13.0 Å². The fourth-order valence-corrected chi connectivity index (χ4v) is 4.44. The van der Waals surface area contributed by atoms with Crippen molar-refractivity contribution in [2.24, 2.45) is 5.73 Å². The molecule has 0 bridgehead atoms. The summed E-state index contributed by atoms with van der Waals surface area (Å²) in [7, 11) is 0. The molecule has 11 N–H and O–H groups in total. The van der Waals surface area contributed by atoms with Gasteiger partial charge in [-0.15, -0.1) is 0 Å². The van der Waals surface area contributed by atoms with Crippen LogP contribution in [0.4, 0.5) is 0 Å². The van der Waals surface area contributed by atoms with Crippen LogP contribution in [-0.2, 0) is 35.2 Å². The van der Waals surface area contributed by atoms with Gasteiger partial charge in [-0.25, -0.2) is 4.79 Å². The van der Waals surface area contributed by atoms with Gasteiger partial charge < -0.3 is 57.4 Å². The lowest BCUT2D eigenvalue weighted by molar-refractivity contribution is -0.145. The minimum absolute atomic E-state index is 0.0143. The molecule has 1 aliphatic rings. The van der Waals surface area contributed by atoms with Crippen molar-refractivity contribution in [1.29, 1.82) is 0 Å². The Hall–Kier alpha value is -4.32. The normalized spacial score (nSPS) is 18.6. The van der Waals surface area contributed by atoms with Crippen molar-refractivity contribution < 1.29 is 54.3 Å². The molecule has 0 saturated carbocycles. The number of aliphatic carboxylic acids is 1. The zero-order chi connectivity index (χ0) is 33.1. The highest BCUT2D eigenvalue weighted by Crippen LogP contribution is 2.19. The highest BCUT2D eigenvalue weighted by Gasteiger charge is 2.40. The predicted octanol–water partition coefficient (Wildman–Crippen LogP) is -4.34. The highest BCUT2D eigenvalue weighted by molar-refractivity contribution is 5.96. The van der Waals surface area contributed by atoms with Crippen LogP contribution < -0.4 is 27.0 Å². The van der Waals surface area contributed by atoms with E-state index in [1.165, 1.54) is 38.1 Å². The number of nitrogens with two attached hydrogens (primary N) is 1. The molecule has 0 spiro atoms. The topological polar surface area (TPSA) is 281 Å². The summed E-state index contributed by atoms with van der Waals surface area (Å²) in [5.74, 6) is -5.81. The van der Waals surface area contributed by atoms with Crippen molar-refractivity contribution in [3.63, 3.8) is 0 Å². The molecule has 1 fully saturated rings. The standard InChI is InChI=1S/C27H40N6O11/c1-13(28)22(38)29-17(10-15-5-7-16(37)8-6-15)23(39)30-18(11-34)26(42)33-9-3-4-20(33)24(40)32-21(14(2)36)25(41)31-19(12-35)27(43)44/h5-8,13-14,17-21,34-37H,3-4,9-12,28H2,1-2H3,(H,29,38)(H,30,39)(H,31,41)(H,32,40)(H,43,44)/t13-,14+,17-,18-,19-,20-,21-/m0/s1. The van der Waals surface area contributed by atoms with Gasteiger partial charge in [0.05, 0.1) is 25.4 Å². The van der Waals surface area contributed by atoms with E-state index in [1.54, 1.807) is 0 Å². The Morgan fingerprint density at radius 3 is 1.98 bits per heavy atom. The summed E-state index contributed by atoms with van der Waals surface area (Å²) in [6.07, 6.45) is -1.05. The number of carboxylic acid groups (broad SMARTS) is 1. The Kier molecular flexibility index (Phi) is 13.5. The second kappa shape index (κ2) is 16.5. The molecule has 0 aliphatic carbocycles. The fraction of sp³-hybridized carbons (Fsp3) is 0.556. The number of aliphatic hydroxyl groups excluding tert-OH is 3. The molecule has 17 heteroatoms. The van der Waals surface area contributed by atoms with E-state index in [9.17, 15) is 44.1 Å². The number of rotatable bonds is 15. The van der Waals surface area contributed by atoms with Gasteiger partial charge in [0.15, 0.2) is 0 Å². The largest absolute Gasteiger partial charge is 0.508 e. The number of carboxylic acids is 1. The first-order valence-corrected chi connectivity index (χ1v) is 13.9. The third-order valence-electron chi connectivity index (χ3n) is 6.92. The molecule has 1 aromatic rings. The van der Waals surface area contributed by atoms with Crippen LogP contribution in [0, 0.1) is 0 Å². The number of amides is 5. The Labute approximate surface area is 252 Å². The lowest BCUT2D eigenvalue weighted by atomic mass is 10.0. The molecule has 44 heavy (non-hydrogen) atoms. The first-order valence-electron chi connectivity index (χ1n) is 13.9. The van der Waals surface area contributed by atoms with Crippen LogP contribution in [0.25, 0.3) is 0 Å². The van der Waals surface area contributed by atoms with Crippen molar-refractivity contribution in [2.75, 3.05) is 19.8 Å². The number of phenols is 1. The van der Waals surface area contributed by atoms with Gasteiger partial charge >= 0.3 is 5.97 Å².